The van der Waals surface area contributed by atoms with E-state index in [1.807, 2.05) is 0 Å². The summed E-state index contributed by atoms with van der Waals surface area (Å²) in [6.07, 6.45) is 7.77. The Bertz CT molecular complexity index is 607. The van der Waals surface area contributed by atoms with Crippen LogP contribution in [-0.4, -0.2) is 0 Å². The predicted molar refractivity (Wildman–Crippen MR) is 119 cm³/mol. The Kier molecular flexibility index (Phi) is 18.5. The molecule has 0 N–H and O–H groups in total. The molecule has 0 bridgehead atoms. The van der Waals surface area contributed by atoms with Crippen molar-refractivity contribution in [1.29, 1.82) is 0 Å². The van der Waals surface area contributed by atoms with Gasteiger partial charge in [0.2, 0.25) is 0 Å². The summed E-state index contributed by atoms with van der Waals surface area (Å²) in [5.41, 5.74) is 15.4. The fourth-order valence-corrected chi connectivity index (χ4v) is 4.05. The largest absolute Gasteiger partial charge is 4.00 e. The summed E-state index contributed by atoms with van der Waals surface area (Å²) < 4.78 is 0. The molecule has 0 nitrogen and oxygen atoms in total. The summed E-state index contributed by atoms with van der Waals surface area (Å²) in [6.45, 7) is 22.5. The van der Waals surface area contributed by atoms with E-state index in [0.717, 1.165) is 0 Å². The van der Waals surface area contributed by atoms with Crippen molar-refractivity contribution in [3.05, 3.63) is 55.6 Å². The second-order valence-electron chi connectivity index (χ2n) is 8.16. The van der Waals surface area contributed by atoms with Crippen LogP contribution in [0.2, 0.25) is 0 Å². The first kappa shape index (κ1) is 33.8. The molecule has 0 fully saturated rings. The average molecular weight is 517 g/mol. The number of rotatable bonds is 6. The van der Waals surface area contributed by atoms with Crippen LogP contribution in [0.5, 0.6) is 0 Å². The van der Waals surface area contributed by atoms with Gasteiger partial charge in [0.25, 0.3) is 0 Å². The normalized spacial score (nSPS) is 9.72. The van der Waals surface area contributed by atoms with Crippen LogP contribution in [0.4, 0.5) is 0 Å². The number of halogens is 2. The van der Waals surface area contributed by atoms with E-state index in [-0.39, 0.29) is 51.0 Å². The molecule has 0 saturated heterocycles. The van der Waals surface area contributed by atoms with Crippen LogP contribution >= 0.6 is 0 Å². The molecule has 3 heteroatoms. The van der Waals surface area contributed by atoms with E-state index in [1.54, 1.807) is 11.1 Å². The van der Waals surface area contributed by atoms with Crippen LogP contribution in [0.1, 0.15) is 95.2 Å². The zero-order valence-corrected chi connectivity index (χ0v) is 24.5. The van der Waals surface area contributed by atoms with Gasteiger partial charge in [-0.25, -0.2) is 0 Å². The van der Waals surface area contributed by atoms with Crippen molar-refractivity contribution in [3.8, 4) is 0 Å². The Morgan fingerprint density at radius 3 is 1.00 bits per heavy atom. The monoisotopic (exact) mass is 514 g/mol. The van der Waals surface area contributed by atoms with Gasteiger partial charge in [0.05, 0.1) is 0 Å². The minimum absolute atomic E-state index is 0. The van der Waals surface area contributed by atoms with Crippen LogP contribution in [0.25, 0.3) is 0 Å². The molecule has 2 rings (SSSR count). The van der Waals surface area contributed by atoms with E-state index in [1.165, 1.54) is 83.0 Å². The van der Waals surface area contributed by atoms with Gasteiger partial charge in [0.1, 0.15) is 0 Å². The van der Waals surface area contributed by atoms with Crippen LogP contribution in [-0.2, 0) is 39.0 Å². The van der Waals surface area contributed by atoms with Gasteiger partial charge in [-0.15, -0.1) is 0 Å². The summed E-state index contributed by atoms with van der Waals surface area (Å²) in [5, 5.41) is 0. The van der Waals surface area contributed by atoms with Crippen LogP contribution < -0.4 is 24.8 Å². The standard InChI is InChI=1S/2C13H21.2ClH.Zr/c2*1-6-7-8-13-11(4)9(2)10(3)12(13)5;;;/h2*6-8H2,1-5H3;2*1H;/q2*-1;;;+4/p-2. The van der Waals surface area contributed by atoms with Gasteiger partial charge in [0, 0.05) is 0 Å². The van der Waals surface area contributed by atoms with Gasteiger partial charge in [-0.2, -0.15) is 55.6 Å². The summed E-state index contributed by atoms with van der Waals surface area (Å²) in [6, 6.07) is 0. The molecule has 0 unspecified atom stereocenters. The maximum atomic E-state index is 2.26. The van der Waals surface area contributed by atoms with E-state index in [2.05, 4.69) is 69.2 Å². The van der Waals surface area contributed by atoms with Crippen molar-refractivity contribution in [2.24, 2.45) is 0 Å². The van der Waals surface area contributed by atoms with Crippen molar-refractivity contribution >= 4 is 0 Å². The second kappa shape index (κ2) is 15.9. The molecule has 0 spiro atoms. The first-order valence-electron chi connectivity index (χ1n) is 10.6. The summed E-state index contributed by atoms with van der Waals surface area (Å²) in [5.74, 6) is 0. The molecule has 0 aromatic heterocycles. The van der Waals surface area contributed by atoms with E-state index >= 15 is 0 Å². The molecule has 164 valence electrons. The quantitative estimate of drug-likeness (QED) is 0.515. The van der Waals surface area contributed by atoms with Crippen molar-refractivity contribution in [3.63, 3.8) is 0 Å². The molecule has 0 atom stereocenters. The van der Waals surface area contributed by atoms with Crippen molar-refractivity contribution in [2.75, 3.05) is 0 Å². The fourth-order valence-electron chi connectivity index (χ4n) is 4.05. The molecule has 0 saturated carbocycles. The number of hydrogen-bond acceptors (Lipinski definition) is 0. The van der Waals surface area contributed by atoms with Crippen LogP contribution in [0.15, 0.2) is 0 Å². The SMILES string of the molecule is CCCCc1c(C)c(C)c(C)[c-]1C.CCCCc1c(C)c(C)c(C)[c-]1C.[Cl-].[Cl-].[Zr+4]. The van der Waals surface area contributed by atoms with E-state index in [4.69, 9.17) is 0 Å². The first-order chi connectivity index (χ1) is 12.2. The molecule has 2 aromatic rings. The van der Waals surface area contributed by atoms with E-state index in [0.29, 0.717) is 0 Å². The van der Waals surface area contributed by atoms with Gasteiger partial charge in [0.15, 0.2) is 0 Å². The number of hydrogen-bond donors (Lipinski definition) is 0. The topological polar surface area (TPSA) is 0 Å². The maximum Gasteiger partial charge on any atom is 4.00 e. The summed E-state index contributed by atoms with van der Waals surface area (Å²) in [4.78, 5) is 0. The molecule has 0 radical (unpaired) electrons. The zero-order chi connectivity index (χ0) is 20.0. The Labute approximate surface area is 213 Å². The molecule has 2 aromatic carbocycles. The Balaban J connectivity index is -0.000000422. The van der Waals surface area contributed by atoms with E-state index < -0.39 is 0 Å². The fraction of sp³-hybridized carbons (Fsp3) is 0.615. The van der Waals surface area contributed by atoms with Crippen molar-refractivity contribution in [2.45, 2.75) is 108 Å². The van der Waals surface area contributed by atoms with Gasteiger partial charge in [-0.05, 0) is 0 Å². The third-order valence-electron chi connectivity index (χ3n) is 6.75. The van der Waals surface area contributed by atoms with Crippen LogP contribution in [0.3, 0.4) is 0 Å². The third-order valence-corrected chi connectivity index (χ3v) is 6.75. The molecular formula is C26H42Cl2Zr. The first-order valence-corrected chi connectivity index (χ1v) is 10.6. The second-order valence-corrected chi connectivity index (χ2v) is 8.16. The Morgan fingerprint density at radius 1 is 0.552 bits per heavy atom. The zero-order valence-electron chi connectivity index (χ0n) is 20.5. The Morgan fingerprint density at radius 2 is 0.828 bits per heavy atom. The van der Waals surface area contributed by atoms with Crippen molar-refractivity contribution < 1.29 is 51.0 Å². The molecule has 0 aliphatic carbocycles. The molecule has 0 aliphatic heterocycles. The van der Waals surface area contributed by atoms with Gasteiger partial charge in [-0.3, -0.25) is 0 Å². The molecule has 0 aliphatic rings. The van der Waals surface area contributed by atoms with Gasteiger partial charge >= 0.3 is 26.2 Å². The van der Waals surface area contributed by atoms with Crippen LogP contribution in [0, 0.1) is 55.4 Å². The Hall–Kier alpha value is 0.163. The van der Waals surface area contributed by atoms with Gasteiger partial charge < -0.3 is 24.8 Å². The summed E-state index contributed by atoms with van der Waals surface area (Å²) in [7, 11) is 0. The molecule has 29 heavy (non-hydrogen) atoms. The van der Waals surface area contributed by atoms with Gasteiger partial charge in [-0.1, -0.05) is 108 Å². The minimum atomic E-state index is 0. The minimum Gasteiger partial charge on any atom is -1.00 e. The smallest absolute Gasteiger partial charge is 1.00 e. The average Bonchev–Trinajstić information content (AvgIpc) is 2.93. The third kappa shape index (κ3) is 8.31. The maximum absolute atomic E-state index is 2.26. The number of unbranched alkanes of at least 4 members (excludes halogenated alkanes) is 2. The molecule has 0 amide bonds. The van der Waals surface area contributed by atoms with E-state index in [9.17, 15) is 0 Å². The predicted octanol–water partition coefficient (Wildman–Crippen LogP) is 1.97. The molecular weight excluding hydrogens is 474 g/mol. The summed E-state index contributed by atoms with van der Waals surface area (Å²) >= 11 is 0. The molecule has 0 heterocycles. The van der Waals surface area contributed by atoms with Crippen molar-refractivity contribution in [1.82, 2.24) is 0 Å².